The fraction of sp³-hybridized carbons (Fsp3) is 0.250. The van der Waals surface area contributed by atoms with Crippen LogP contribution >= 0.6 is 0 Å². The first-order valence-electron chi connectivity index (χ1n) is 3.67. The summed E-state index contributed by atoms with van der Waals surface area (Å²) < 4.78 is 24.2. The molecule has 14 heavy (non-hydrogen) atoms. The maximum absolute atomic E-state index is 10.0. The zero-order valence-electron chi connectivity index (χ0n) is 7.75. The second kappa shape index (κ2) is 7.53. The molecule has 0 aliphatic carbocycles. The number of benzene rings is 1. The Hall–Kier alpha value is 0.250. The maximum atomic E-state index is 10.0. The summed E-state index contributed by atoms with van der Waals surface area (Å²) in [6.45, 7) is 0. The van der Waals surface area contributed by atoms with Crippen molar-refractivity contribution in [2.75, 3.05) is 0 Å². The van der Waals surface area contributed by atoms with E-state index < -0.39 is 17.7 Å². The Balaban J connectivity index is 0.00000169. The molecule has 0 saturated carbocycles. The van der Waals surface area contributed by atoms with Crippen molar-refractivity contribution in [3.05, 3.63) is 35.9 Å². The van der Waals surface area contributed by atoms with Gasteiger partial charge in [-0.25, -0.2) is 4.21 Å². The van der Waals surface area contributed by atoms with Crippen molar-refractivity contribution in [1.29, 1.82) is 0 Å². The van der Waals surface area contributed by atoms with E-state index in [4.69, 9.17) is 5.11 Å². The van der Waals surface area contributed by atoms with Gasteiger partial charge in [0.05, 0.1) is 11.4 Å². The Bertz CT molecular complexity index is 280. The van der Waals surface area contributed by atoms with Crippen LogP contribution in [0.2, 0.25) is 0 Å². The number of aliphatic hydroxyl groups excluding tert-OH is 1. The first-order valence-corrected chi connectivity index (χ1v) is 4.67. The molecule has 1 aromatic rings. The number of hydrogen-bond acceptors (Lipinski definition) is 4. The Kier molecular flexibility index (Phi) is 7.66. The molecule has 0 spiro atoms. The molecule has 0 bridgehead atoms. The second-order valence-electron chi connectivity index (χ2n) is 2.44. The zero-order valence-corrected chi connectivity index (χ0v) is 10.6. The minimum atomic E-state index is -2.67. The molecular formula is C8H9NaO4S. The molecule has 6 heteroatoms. The van der Waals surface area contributed by atoms with Gasteiger partial charge in [-0.2, -0.15) is 0 Å². The summed E-state index contributed by atoms with van der Waals surface area (Å²) in [7, 11) is 0. The third-order valence-electron chi connectivity index (χ3n) is 1.44. The van der Waals surface area contributed by atoms with Crippen molar-refractivity contribution in [3.63, 3.8) is 0 Å². The van der Waals surface area contributed by atoms with E-state index in [1.54, 1.807) is 24.3 Å². The fourth-order valence-corrected chi connectivity index (χ4v) is 1.19. The molecule has 2 atom stereocenters. The van der Waals surface area contributed by atoms with E-state index in [2.05, 4.69) is 4.18 Å². The van der Waals surface area contributed by atoms with Gasteiger partial charge in [0, 0.05) is 6.42 Å². The second-order valence-corrected chi connectivity index (χ2v) is 3.05. The minimum Gasteiger partial charge on any atom is -0.750 e. The summed E-state index contributed by atoms with van der Waals surface area (Å²) in [4.78, 5) is 0. The summed E-state index contributed by atoms with van der Waals surface area (Å²) >= 11 is -2.67. The molecule has 1 rings (SSSR count). The molecule has 2 unspecified atom stereocenters. The van der Waals surface area contributed by atoms with Crippen LogP contribution in [0.15, 0.2) is 30.3 Å². The van der Waals surface area contributed by atoms with Crippen LogP contribution in [0, 0.1) is 0 Å². The zero-order chi connectivity index (χ0) is 9.68. The van der Waals surface area contributed by atoms with Gasteiger partial charge in [-0.15, -0.1) is 0 Å². The largest absolute Gasteiger partial charge is 1.00 e. The van der Waals surface area contributed by atoms with Crippen molar-refractivity contribution in [2.45, 2.75) is 12.7 Å². The van der Waals surface area contributed by atoms with Gasteiger partial charge in [0.25, 0.3) is 0 Å². The number of aliphatic hydroxyl groups is 1. The van der Waals surface area contributed by atoms with Crippen LogP contribution in [0.1, 0.15) is 5.56 Å². The quantitative estimate of drug-likeness (QED) is 0.345. The summed E-state index contributed by atoms with van der Waals surface area (Å²) in [5.74, 6) is 0. The average molecular weight is 224 g/mol. The van der Waals surface area contributed by atoms with Gasteiger partial charge < -0.3 is 9.66 Å². The van der Waals surface area contributed by atoms with E-state index in [0.29, 0.717) is 0 Å². The predicted octanol–water partition coefficient (Wildman–Crippen LogP) is -2.64. The predicted molar refractivity (Wildman–Crippen MR) is 46.2 cm³/mol. The van der Waals surface area contributed by atoms with Crippen molar-refractivity contribution >= 4 is 11.4 Å². The van der Waals surface area contributed by atoms with Crippen molar-refractivity contribution in [1.82, 2.24) is 0 Å². The molecule has 0 aliphatic heterocycles. The van der Waals surface area contributed by atoms with E-state index in [9.17, 15) is 8.76 Å². The minimum absolute atomic E-state index is 0. The van der Waals surface area contributed by atoms with Gasteiger partial charge in [-0.05, 0) is 5.56 Å². The molecule has 0 amide bonds. The third-order valence-corrected chi connectivity index (χ3v) is 1.82. The van der Waals surface area contributed by atoms with E-state index in [1.807, 2.05) is 6.07 Å². The molecule has 1 aromatic carbocycles. The van der Waals surface area contributed by atoms with Crippen LogP contribution < -0.4 is 29.6 Å². The van der Waals surface area contributed by atoms with E-state index in [1.165, 1.54) is 0 Å². The summed E-state index contributed by atoms with van der Waals surface area (Å²) in [5, 5.41) is 9.06. The summed E-state index contributed by atoms with van der Waals surface area (Å²) in [5.41, 5.74) is 0.820. The molecule has 0 aliphatic rings. The molecule has 0 saturated heterocycles. The molecule has 0 heterocycles. The average Bonchev–Trinajstić information content (AvgIpc) is 2.04. The van der Waals surface area contributed by atoms with Crippen molar-refractivity contribution < 1.29 is 47.6 Å². The third kappa shape index (κ3) is 5.87. The van der Waals surface area contributed by atoms with Crippen LogP contribution in [0.25, 0.3) is 0 Å². The maximum Gasteiger partial charge on any atom is 1.00 e. The van der Waals surface area contributed by atoms with Crippen LogP contribution in [0.4, 0.5) is 0 Å². The van der Waals surface area contributed by atoms with Crippen LogP contribution in [0.3, 0.4) is 0 Å². The van der Waals surface area contributed by atoms with E-state index in [-0.39, 0.29) is 36.0 Å². The van der Waals surface area contributed by atoms with Gasteiger partial charge in [-0.1, -0.05) is 30.3 Å². The summed E-state index contributed by atoms with van der Waals surface area (Å²) in [6, 6.07) is 9.00. The molecular weight excluding hydrogens is 215 g/mol. The first kappa shape index (κ1) is 14.2. The molecule has 0 aromatic heterocycles. The Morgan fingerprint density at radius 1 is 1.43 bits per heavy atom. The topological polar surface area (TPSA) is 69.6 Å². The Labute approximate surface area is 107 Å². The monoisotopic (exact) mass is 224 g/mol. The van der Waals surface area contributed by atoms with Crippen molar-refractivity contribution in [2.24, 2.45) is 0 Å². The number of rotatable bonds is 4. The Morgan fingerprint density at radius 2 is 2.00 bits per heavy atom. The van der Waals surface area contributed by atoms with Gasteiger partial charge >= 0.3 is 29.6 Å². The van der Waals surface area contributed by atoms with Crippen LogP contribution in [-0.4, -0.2) is 20.2 Å². The Morgan fingerprint density at radius 3 is 2.50 bits per heavy atom. The first-order chi connectivity index (χ1) is 6.18. The standard InChI is InChI=1S/C8H10O4S.Na/c9-8(12-13(10)11)6-7-4-2-1-3-5-7;/h1-5,8-9H,6H2,(H,10,11);/q;+1/p-1. The molecule has 72 valence electrons. The smallest absolute Gasteiger partial charge is 0.750 e. The molecule has 4 nitrogen and oxygen atoms in total. The van der Waals surface area contributed by atoms with Gasteiger partial charge in [0.1, 0.15) is 0 Å². The van der Waals surface area contributed by atoms with E-state index in [0.717, 1.165) is 5.56 Å². The molecule has 1 N–H and O–H groups in total. The van der Waals surface area contributed by atoms with Gasteiger partial charge in [0.15, 0.2) is 6.29 Å². The van der Waals surface area contributed by atoms with Crippen molar-refractivity contribution in [3.8, 4) is 0 Å². The van der Waals surface area contributed by atoms with Crippen LogP contribution in [0.5, 0.6) is 0 Å². The van der Waals surface area contributed by atoms with Gasteiger partial charge in [-0.3, -0.25) is 4.18 Å². The SMILES string of the molecule is O=S([O-])OC(O)Cc1ccccc1.[Na+]. The normalized spacial score (nSPS) is 14.1. The summed E-state index contributed by atoms with van der Waals surface area (Å²) in [6.07, 6.45) is -1.14. The molecule has 0 radical (unpaired) electrons. The van der Waals surface area contributed by atoms with Crippen LogP contribution in [-0.2, 0) is 22.0 Å². The number of hydrogen-bond donors (Lipinski definition) is 1. The fourth-order valence-electron chi connectivity index (χ4n) is 0.940. The molecule has 0 fully saturated rings. The van der Waals surface area contributed by atoms with E-state index >= 15 is 0 Å². The van der Waals surface area contributed by atoms with Gasteiger partial charge in [0.2, 0.25) is 0 Å².